The summed E-state index contributed by atoms with van der Waals surface area (Å²) in [4.78, 5) is 12.5. The second kappa shape index (κ2) is 4.98. The predicted molar refractivity (Wildman–Crippen MR) is 82.1 cm³/mol. The second-order valence-corrected chi connectivity index (χ2v) is 6.86. The molecular weight excluding hydrogens is 246 g/mol. The Morgan fingerprint density at radius 3 is 2.40 bits per heavy atom. The summed E-state index contributed by atoms with van der Waals surface area (Å²) in [7, 11) is 0. The highest BCUT2D eigenvalue weighted by molar-refractivity contribution is 5.82. The SMILES string of the molecule is C#CC(c1ccccc1)C1CC(C)(C)C(C)(C)NC1=O. The number of hydrogen-bond donors (Lipinski definition) is 1. The Kier molecular flexibility index (Phi) is 3.65. The van der Waals surface area contributed by atoms with Gasteiger partial charge in [0.15, 0.2) is 0 Å². The van der Waals surface area contributed by atoms with Gasteiger partial charge in [-0.1, -0.05) is 50.1 Å². The van der Waals surface area contributed by atoms with Crippen LogP contribution in [0.3, 0.4) is 0 Å². The van der Waals surface area contributed by atoms with Gasteiger partial charge in [-0.05, 0) is 31.2 Å². The zero-order chi connectivity index (χ0) is 15.0. The molecule has 2 heteroatoms. The van der Waals surface area contributed by atoms with Crippen LogP contribution in [0, 0.1) is 23.7 Å². The molecule has 0 radical (unpaired) electrons. The first-order valence-corrected chi connectivity index (χ1v) is 7.11. The molecule has 2 atom stereocenters. The molecule has 20 heavy (non-hydrogen) atoms. The molecule has 0 saturated carbocycles. The molecule has 2 unspecified atom stereocenters. The van der Waals surface area contributed by atoms with Crippen molar-refractivity contribution in [1.82, 2.24) is 5.32 Å². The van der Waals surface area contributed by atoms with Crippen molar-refractivity contribution in [2.75, 3.05) is 0 Å². The van der Waals surface area contributed by atoms with Gasteiger partial charge in [0, 0.05) is 5.54 Å². The van der Waals surface area contributed by atoms with Crippen LogP contribution in [0.5, 0.6) is 0 Å². The highest BCUT2D eigenvalue weighted by Crippen LogP contribution is 2.44. The third-order valence-electron chi connectivity index (χ3n) is 4.94. The fraction of sp³-hybridized carbons (Fsp3) is 0.500. The van der Waals surface area contributed by atoms with Crippen molar-refractivity contribution in [3.63, 3.8) is 0 Å². The highest BCUT2D eigenvalue weighted by atomic mass is 16.2. The van der Waals surface area contributed by atoms with E-state index < -0.39 is 0 Å². The van der Waals surface area contributed by atoms with E-state index in [1.807, 2.05) is 30.3 Å². The van der Waals surface area contributed by atoms with Crippen LogP contribution in [0.15, 0.2) is 30.3 Å². The third-order valence-corrected chi connectivity index (χ3v) is 4.94. The van der Waals surface area contributed by atoms with Gasteiger partial charge in [0.25, 0.3) is 0 Å². The average molecular weight is 269 g/mol. The molecule has 2 rings (SSSR count). The normalized spacial score (nSPS) is 25.4. The molecule has 106 valence electrons. The van der Waals surface area contributed by atoms with Crippen molar-refractivity contribution in [2.45, 2.75) is 45.6 Å². The molecule has 0 aliphatic carbocycles. The summed E-state index contributed by atoms with van der Waals surface area (Å²) in [5, 5.41) is 3.15. The van der Waals surface area contributed by atoms with Crippen LogP contribution in [0.2, 0.25) is 0 Å². The highest BCUT2D eigenvalue weighted by Gasteiger charge is 2.48. The van der Waals surface area contributed by atoms with E-state index in [0.29, 0.717) is 0 Å². The van der Waals surface area contributed by atoms with Crippen molar-refractivity contribution in [2.24, 2.45) is 11.3 Å². The van der Waals surface area contributed by atoms with E-state index in [1.54, 1.807) is 0 Å². The number of hydrogen-bond acceptors (Lipinski definition) is 1. The zero-order valence-electron chi connectivity index (χ0n) is 12.7. The number of terminal acetylenes is 1. The topological polar surface area (TPSA) is 29.1 Å². The summed E-state index contributed by atoms with van der Waals surface area (Å²) < 4.78 is 0. The molecule has 1 fully saturated rings. The van der Waals surface area contributed by atoms with E-state index >= 15 is 0 Å². The molecule has 1 aromatic rings. The number of carbonyl (C=O) groups excluding carboxylic acids is 1. The molecule has 1 aliphatic rings. The fourth-order valence-electron chi connectivity index (χ4n) is 2.84. The summed E-state index contributed by atoms with van der Waals surface area (Å²) >= 11 is 0. The van der Waals surface area contributed by atoms with Gasteiger partial charge in [0.2, 0.25) is 5.91 Å². The lowest BCUT2D eigenvalue weighted by Gasteiger charge is -2.49. The van der Waals surface area contributed by atoms with Crippen molar-refractivity contribution >= 4 is 5.91 Å². The van der Waals surface area contributed by atoms with E-state index in [1.165, 1.54) is 0 Å². The zero-order valence-corrected chi connectivity index (χ0v) is 12.7. The standard InChI is InChI=1S/C18H23NO/c1-6-14(13-10-8-7-9-11-13)15-12-17(2,3)18(4,5)19-16(15)20/h1,7-11,14-15H,12H2,2-5H3,(H,19,20). The van der Waals surface area contributed by atoms with Crippen LogP contribution in [0.1, 0.15) is 45.6 Å². The molecule has 0 aromatic heterocycles. The maximum Gasteiger partial charge on any atom is 0.225 e. The fourth-order valence-corrected chi connectivity index (χ4v) is 2.84. The van der Waals surface area contributed by atoms with Crippen molar-refractivity contribution in [1.29, 1.82) is 0 Å². The Morgan fingerprint density at radius 1 is 1.25 bits per heavy atom. The van der Waals surface area contributed by atoms with Gasteiger partial charge in [-0.15, -0.1) is 6.42 Å². The van der Waals surface area contributed by atoms with Crippen LogP contribution in [-0.4, -0.2) is 11.4 Å². The summed E-state index contributed by atoms with van der Waals surface area (Å²) in [6.45, 7) is 8.54. The summed E-state index contributed by atoms with van der Waals surface area (Å²) in [6.07, 6.45) is 6.53. The lowest BCUT2D eigenvalue weighted by Crippen LogP contribution is -2.61. The minimum atomic E-state index is -0.212. The average Bonchev–Trinajstić information content (AvgIpc) is 2.37. The minimum Gasteiger partial charge on any atom is -0.350 e. The Balaban J connectivity index is 2.33. The number of carbonyl (C=O) groups is 1. The molecule has 2 nitrogen and oxygen atoms in total. The molecule has 0 spiro atoms. The van der Waals surface area contributed by atoms with Crippen LogP contribution < -0.4 is 5.32 Å². The quantitative estimate of drug-likeness (QED) is 0.820. The first kappa shape index (κ1) is 14.7. The van der Waals surface area contributed by atoms with Crippen molar-refractivity contribution in [3.05, 3.63) is 35.9 Å². The first-order valence-electron chi connectivity index (χ1n) is 7.11. The molecule has 0 bridgehead atoms. The third kappa shape index (κ3) is 2.45. The Bertz CT molecular complexity index is 536. The molecule has 1 aromatic carbocycles. The van der Waals surface area contributed by atoms with E-state index in [0.717, 1.165) is 12.0 Å². The van der Waals surface area contributed by atoms with Gasteiger partial charge >= 0.3 is 0 Å². The predicted octanol–water partition coefficient (Wildman–Crippen LogP) is 3.34. The van der Waals surface area contributed by atoms with Gasteiger partial charge in [0.1, 0.15) is 0 Å². The number of nitrogens with one attached hydrogen (secondary N) is 1. The van der Waals surface area contributed by atoms with Crippen LogP contribution in [0.25, 0.3) is 0 Å². The molecule has 1 aliphatic heterocycles. The first-order chi connectivity index (χ1) is 9.28. The van der Waals surface area contributed by atoms with E-state index in [4.69, 9.17) is 6.42 Å². The van der Waals surface area contributed by atoms with Crippen LogP contribution in [-0.2, 0) is 4.79 Å². The molecule has 1 N–H and O–H groups in total. The number of rotatable bonds is 2. The molecular formula is C18H23NO. The Hall–Kier alpha value is -1.75. The monoisotopic (exact) mass is 269 g/mol. The number of amides is 1. The Labute approximate surface area is 122 Å². The van der Waals surface area contributed by atoms with E-state index in [2.05, 4.69) is 38.9 Å². The van der Waals surface area contributed by atoms with Gasteiger partial charge in [-0.2, -0.15) is 0 Å². The van der Waals surface area contributed by atoms with E-state index in [-0.39, 0.29) is 28.7 Å². The smallest absolute Gasteiger partial charge is 0.225 e. The lowest BCUT2D eigenvalue weighted by molar-refractivity contribution is -0.134. The summed E-state index contributed by atoms with van der Waals surface area (Å²) in [5.41, 5.74) is 0.844. The summed E-state index contributed by atoms with van der Waals surface area (Å²) in [5.74, 6) is 2.57. The largest absolute Gasteiger partial charge is 0.350 e. The maximum atomic E-state index is 12.5. The Morgan fingerprint density at radius 2 is 1.85 bits per heavy atom. The maximum absolute atomic E-state index is 12.5. The van der Waals surface area contributed by atoms with Gasteiger partial charge < -0.3 is 5.32 Å². The molecule has 1 amide bonds. The van der Waals surface area contributed by atoms with Crippen molar-refractivity contribution in [3.8, 4) is 12.3 Å². The van der Waals surface area contributed by atoms with Gasteiger partial charge in [-0.25, -0.2) is 0 Å². The lowest BCUT2D eigenvalue weighted by atomic mass is 9.63. The minimum absolute atomic E-state index is 0.00938. The van der Waals surface area contributed by atoms with Crippen LogP contribution in [0.4, 0.5) is 0 Å². The van der Waals surface area contributed by atoms with Gasteiger partial charge in [-0.3, -0.25) is 4.79 Å². The molecule has 1 saturated heterocycles. The van der Waals surface area contributed by atoms with Crippen LogP contribution >= 0.6 is 0 Å². The second-order valence-electron chi connectivity index (χ2n) is 6.86. The number of piperidine rings is 1. The van der Waals surface area contributed by atoms with Crippen molar-refractivity contribution < 1.29 is 4.79 Å². The van der Waals surface area contributed by atoms with E-state index in [9.17, 15) is 4.79 Å². The molecule has 1 heterocycles. The van der Waals surface area contributed by atoms with Gasteiger partial charge in [0.05, 0.1) is 11.8 Å². The number of benzene rings is 1. The summed E-state index contributed by atoms with van der Waals surface area (Å²) in [6, 6.07) is 9.91.